The van der Waals surface area contributed by atoms with Crippen LogP contribution < -0.4 is 9.47 Å². The first-order chi connectivity index (χ1) is 37.8. The normalized spacial score (nSPS) is 22.9. The molecular formula is C55H69BO24. The Morgan fingerprint density at radius 3 is 1.14 bits per heavy atom. The number of rotatable bonds is 27. The van der Waals surface area contributed by atoms with Crippen LogP contribution in [-0.2, 0) is 104 Å². The zero-order valence-electron chi connectivity index (χ0n) is 46.6. The molecule has 2 aliphatic rings. The minimum Gasteiger partial charge on any atom is -0.512 e. The van der Waals surface area contributed by atoms with Gasteiger partial charge in [0.25, 0.3) is 0 Å². The van der Waals surface area contributed by atoms with Crippen LogP contribution in [0.2, 0.25) is 0 Å². The number of carbonyl (C=O) groups is 9. The molecule has 2 aromatic rings. The Morgan fingerprint density at radius 1 is 0.463 bits per heavy atom. The fourth-order valence-corrected chi connectivity index (χ4v) is 7.59. The molecule has 0 saturated carbocycles. The molecule has 4 rings (SSSR count). The molecule has 0 amide bonds. The van der Waals surface area contributed by atoms with E-state index in [0.717, 1.165) is 55.4 Å². The van der Waals surface area contributed by atoms with E-state index in [-0.39, 0.29) is 42.3 Å². The van der Waals surface area contributed by atoms with Gasteiger partial charge in [0.05, 0.1) is 0 Å². The maximum atomic E-state index is 13.6. The van der Waals surface area contributed by atoms with Gasteiger partial charge in [0.15, 0.2) is 30.2 Å². The van der Waals surface area contributed by atoms with Crippen molar-refractivity contribution in [3.63, 3.8) is 0 Å². The maximum absolute atomic E-state index is 13.6. The summed E-state index contributed by atoms with van der Waals surface area (Å²) in [5.74, 6) is -6.04. The Balaban J connectivity index is 1.61. The molecule has 2 heterocycles. The van der Waals surface area contributed by atoms with Crippen molar-refractivity contribution in [3.8, 4) is 11.5 Å². The Hall–Kier alpha value is -7.61. The lowest BCUT2D eigenvalue weighted by molar-refractivity contribution is -0.288. The summed E-state index contributed by atoms with van der Waals surface area (Å²) in [4.78, 5) is 111. The van der Waals surface area contributed by atoms with Gasteiger partial charge in [-0.1, -0.05) is 64.1 Å². The third-order valence-electron chi connectivity index (χ3n) is 10.7. The highest BCUT2D eigenvalue weighted by atomic mass is 16.8. The second kappa shape index (κ2) is 31.9. The monoisotopic (exact) mass is 1120 g/mol. The van der Waals surface area contributed by atoms with Gasteiger partial charge in [0, 0.05) is 74.7 Å². The Bertz CT molecular complexity index is 2530. The summed E-state index contributed by atoms with van der Waals surface area (Å²) < 4.78 is 85.4. The summed E-state index contributed by atoms with van der Waals surface area (Å²) in [7, 11) is -1.21. The second-order valence-corrected chi connectivity index (χ2v) is 19.0. The third kappa shape index (κ3) is 22.6. The summed E-state index contributed by atoms with van der Waals surface area (Å²) in [5, 5.41) is 0. The first kappa shape index (κ1) is 64.9. The lowest BCUT2D eigenvalue weighted by atomic mass is 9.98. The molecule has 0 unspecified atom stereocenters. The smallest absolute Gasteiger partial charge is 0.512 e. The van der Waals surface area contributed by atoms with Crippen molar-refractivity contribution >= 4 is 73.0 Å². The van der Waals surface area contributed by atoms with Crippen molar-refractivity contribution < 1.29 is 114 Å². The molecule has 2 saturated heterocycles. The fraction of sp³-hybridized carbons (Fsp3) is 0.509. The van der Waals surface area contributed by atoms with Crippen LogP contribution in [-0.4, -0.2) is 149 Å². The van der Waals surface area contributed by atoms with Gasteiger partial charge < -0.3 is 70.8 Å². The van der Waals surface area contributed by atoms with Crippen LogP contribution in [0.5, 0.6) is 11.5 Å². The standard InChI is InChI=1S/C55H69BO24/c1-30(2)26-68-56(69-27-31(3)4)80-45(24-18-41-16-22-44(23-17-41)77-55-53(75-39(12)64)51(73-37(10)62)49(71-35(8)60)47(79-55)29-67-33(6)58)25-42(65)19-13-40-14-20-43(21-15-40)76-54-52(74-38(11)63)50(72-36(9)61)48(70-34(7)59)46(78-54)28-66-32(5)57/h13-25,30-31,46-55H,26-29H2,1-12H3/b19-13+,24-18+,45-25-/t46-,47-,48-,49-,50+,51+,52-,53-,54-,55-/m1/s1. The van der Waals surface area contributed by atoms with Crippen molar-refractivity contribution in [3.05, 3.63) is 83.6 Å². The number of ketones is 1. The maximum Gasteiger partial charge on any atom is 0.713 e. The predicted molar refractivity (Wildman–Crippen MR) is 278 cm³/mol. The predicted octanol–water partition coefficient (Wildman–Crippen LogP) is 5.14. The van der Waals surface area contributed by atoms with Gasteiger partial charge in [-0.05, 0) is 59.4 Å². The number of allylic oxidation sites excluding steroid dienone is 3. The molecule has 0 N–H and O–H groups in total. The number of carbonyl (C=O) groups excluding carboxylic acids is 9. The number of benzene rings is 2. The summed E-state index contributed by atoms with van der Waals surface area (Å²) in [6, 6.07) is 12.6. The lowest BCUT2D eigenvalue weighted by Crippen LogP contribution is -2.63. The number of esters is 8. The topological polar surface area (TPSA) is 292 Å². The quantitative estimate of drug-likeness (QED) is 0.0279. The Kier molecular flexibility index (Phi) is 25.8. The van der Waals surface area contributed by atoms with Gasteiger partial charge in [-0.25, -0.2) is 0 Å². The van der Waals surface area contributed by atoms with Crippen LogP contribution in [0.3, 0.4) is 0 Å². The van der Waals surface area contributed by atoms with E-state index >= 15 is 0 Å². The van der Waals surface area contributed by atoms with Crippen LogP contribution in [0.4, 0.5) is 0 Å². The van der Waals surface area contributed by atoms with E-state index in [9.17, 15) is 43.2 Å². The molecule has 10 atom stereocenters. The molecule has 0 aliphatic carbocycles. The van der Waals surface area contributed by atoms with Crippen molar-refractivity contribution in [1.82, 2.24) is 0 Å². The van der Waals surface area contributed by atoms with E-state index in [1.165, 1.54) is 36.4 Å². The zero-order valence-corrected chi connectivity index (χ0v) is 46.6. The largest absolute Gasteiger partial charge is 0.713 e. The molecule has 0 radical (unpaired) electrons. The molecule has 2 fully saturated rings. The first-order valence-electron chi connectivity index (χ1n) is 25.4. The SMILES string of the molecule is CC(=O)OC[C@H]1O[C@@H](Oc2ccc(/C=C/C(=O)/C=C(/C=C/c3ccc(O[C@@H]4O[C@H](COC(C)=O)[C@@H](OC(C)=O)[C@H](OC(C)=O)[C@H]4OC(C)=O)cc3)OB(OCC(C)C)OCC(C)C)cc2)[C@H](OC(C)=O)[C@@H](OC(C)=O)[C@@H]1OC(C)=O. The van der Waals surface area contributed by atoms with Gasteiger partial charge in [0.1, 0.15) is 42.7 Å². The average molecular weight is 1120 g/mol. The highest BCUT2D eigenvalue weighted by Crippen LogP contribution is 2.33. The molecule has 24 nitrogen and oxygen atoms in total. The van der Waals surface area contributed by atoms with E-state index in [1.807, 2.05) is 27.7 Å². The van der Waals surface area contributed by atoms with Crippen molar-refractivity contribution in [2.75, 3.05) is 26.4 Å². The van der Waals surface area contributed by atoms with Crippen LogP contribution in [0, 0.1) is 11.8 Å². The van der Waals surface area contributed by atoms with Gasteiger partial charge in [-0.15, -0.1) is 0 Å². The van der Waals surface area contributed by atoms with Crippen molar-refractivity contribution in [2.24, 2.45) is 11.8 Å². The molecular weight excluding hydrogens is 1060 g/mol. The second-order valence-electron chi connectivity index (χ2n) is 19.0. The summed E-state index contributed by atoms with van der Waals surface area (Å²) >= 11 is 0. The van der Waals surface area contributed by atoms with Gasteiger partial charge in [0.2, 0.25) is 24.8 Å². The summed E-state index contributed by atoms with van der Waals surface area (Å²) in [6.45, 7) is 16.4. The number of ether oxygens (including phenoxy) is 12. The molecule has 0 aromatic heterocycles. The van der Waals surface area contributed by atoms with Gasteiger partial charge in [-0.3, -0.25) is 43.2 Å². The van der Waals surface area contributed by atoms with Crippen molar-refractivity contribution in [1.29, 1.82) is 0 Å². The minimum absolute atomic E-state index is 0.0450. The first-order valence-corrected chi connectivity index (χ1v) is 25.4. The van der Waals surface area contributed by atoms with Crippen LogP contribution >= 0.6 is 0 Å². The molecule has 436 valence electrons. The van der Waals surface area contributed by atoms with E-state index in [1.54, 1.807) is 42.5 Å². The van der Waals surface area contributed by atoms with Gasteiger partial charge in [-0.2, -0.15) is 0 Å². The van der Waals surface area contributed by atoms with E-state index in [0.29, 0.717) is 11.1 Å². The number of hydrogen-bond donors (Lipinski definition) is 0. The van der Waals surface area contributed by atoms with Gasteiger partial charge >= 0.3 is 55.1 Å². The molecule has 0 spiro atoms. The van der Waals surface area contributed by atoms with Crippen molar-refractivity contribution in [2.45, 2.75) is 144 Å². The zero-order chi connectivity index (χ0) is 59.2. The molecule has 2 aromatic carbocycles. The Labute approximate surface area is 463 Å². The fourth-order valence-electron chi connectivity index (χ4n) is 7.59. The summed E-state index contributed by atoms with van der Waals surface area (Å²) in [5.41, 5.74) is 1.11. The minimum atomic E-state index is -1.47. The molecule has 0 bridgehead atoms. The third-order valence-corrected chi connectivity index (χ3v) is 10.7. The molecule has 25 heteroatoms. The van der Waals surface area contributed by atoms with Crippen LogP contribution in [0.25, 0.3) is 12.2 Å². The highest BCUT2D eigenvalue weighted by Gasteiger charge is 2.55. The molecule has 80 heavy (non-hydrogen) atoms. The lowest BCUT2D eigenvalue weighted by Gasteiger charge is -2.43. The summed E-state index contributed by atoms with van der Waals surface area (Å²) in [6.07, 6.45) is -6.78. The Morgan fingerprint density at radius 2 is 0.800 bits per heavy atom. The van der Waals surface area contributed by atoms with E-state index in [2.05, 4.69) is 0 Å². The van der Waals surface area contributed by atoms with Crippen LogP contribution in [0.15, 0.2) is 72.5 Å². The van der Waals surface area contributed by atoms with E-state index in [4.69, 9.17) is 70.8 Å². The van der Waals surface area contributed by atoms with Crippen LogP contribution in [0.1, 0.15) is 94.2 Å². The number of hydrogen-bond acceptors (Lipinski definition) is 24. The highest BCUT2D eigenvalue weighted by molar-refractivity contribution is 6.37. The average Bonchev–Trinajstić information content (AvgIpc) is 3.35. The molecule has 2 aliphatic heterocycles. The van der Waals surface area contributed by atoms with E-state index < -0.39 is 135 Å².